The topological polar surface area (TPSA) is 315 Å². The summed E-state index contributed by atoms with van der Waals surface area (Å²) in [7, 11) is 0. The lowest BCUT2D eigenvalue weighted by atomic mass is 9.84. The highest BCUT2D eigenvalue weighted by molar-refractivity contribution is 5.36. The van der Waals surface area contributed by atoms with E-state index >= 15 is 0 Å². The molecule has 2 saturated heterocycles. The van der Waals surface area contributed by atoms with Crippen molar-refractivity contribution >= 4 is 5.69 Å². The van der Waals surface area contributed by atoms with Crippen molar-refractivity contribution in [3.8, 4) is 5.75 Å². The Hall–Kier alpha value is -2.14. The number of nitrogens with two attached hydrogens (primary N) is 4. The summed E-state index contributed by atoms with van der Waals surface area (Å²) in [6, 6.07) is 2.17. The van der Waals surface area contributed by atoms with Crippen LogP contribution in [0.2, 0.25) is 0 Å². The number of hydrogen-bond acceptors (Lipinski definition) is 17. The van der Waals surface area contributed by atoms with Gasteiger partial charge in [0.1, 0.15) is 73.4 Å². The fourth-order valence-electron chi connectivity index (χ4n) is 5.23. The first-order valence-electron chi connectivity index (χ1n) is 13.4. The molecular formula is C24H39N5O13. The van der Waals surface area contributed by atoms with Crippen molar-refractivity contribution in [2.24, 2.45) is 22.9 Å². The number of hydrogen-bond donors (Lipinski definition) is 10. The van der Waals surface area contributed by atoms with E-state index in [4.69, 9.17) is 46.6 Å². The first-order valence-corrected chi connectivity index (χ1v) is 13.4. The highest BCUT2D eigenvalue weighted by atomic mass is 16.7. The number of aliphatic hydroxyl groups is 6. The maximum atomic E-state index is 11.2. The number of rotatable bonds is 9. The van der Waals surface area contributed by atoms with Crippen molar-refractivity contribution in [3.05, 3.63) is 34.4 Å². The predicted octanol–water partition coefficient (Wildman–Crippen LogP) is -5.30. The molecule has 14 N–H and O–H groups in total. The molecule has 0 amide bonds. The van der Waals surface area contributed by atoms with Gasteiger partial charge in [0.2, 0.25) is 0 Å². The lowest BCUT2D eigenvalue weighted by Gasteiger charge is -2.48. The summed E-state index contributed by atoms with van der Waals surface area (Å²) in [6.45, 7) is -0.471. The Labute approximate surface area is 239 Å². The van der Waals surface area contributed by atoms with Gasteiger partial charge < -0.3 is 77.3 Å². The molecule has 3 fully saturated rings. The van der Waals surface area contributed by atoms with Crippen molar-refractivity contribution in [2.45, 2.75) is 98.2 Å². The standard InChI is InChI=1S/C24H39N5O13/c25-6-12-16(31)18(33)19(34)24(39-12)42-22-11(27)5-10(26)21(20(22)35)41-23-17(32)14(28)15(30)13(40-23)7-38-9-3-1-8(2-4-9)29(36)37/h1-4,10-24,30-35H,5-7,25-28H2/t10-,11?,12?,13?,14?,15?,16?,17?,18?,19?,20?,21?,22?,23?,24?/m0/s1. The number of nitro benzene ring substituents is 1. The molecule has 0 spiro atoms. The van der Waals surface area contributed by atoms with Crippen LogP contribution in [0.25, 0.3) is 0 Å². The Morgan fingerprint density at radius 3 is 1.88 bits per heavy atom. The molecule has 238 valence electrons. The predicted molar refractivity (Wildman–Crippen MR) is 139 cm³/mol. The van der Waals surface area contributed by atoms with Crippen molar-refractivity contribution in [1.82, 2.24) is 0 Å². The van der Waals surface area contributed by atoms with E-state index in [0.29, 0.717) is 0 Å². The molecule has 1 aromatic carbocycles. The molecule has 18 heteroatoms. The van der Waals surface area contributed by atoms with E-state index in [1.807, 2.05) is 0 Å². The average molecular weight is 606 g/mol. The fourth-order valence-corrected chi connectivity index (χ4v) is 5.23. The van der Waals surface area contributed by atoms with Crippen molar-refractivity contribution in [3.63, 3.8) is 0 Å². The van der Waals surface area contributed by atoms with Crippen LogP contribution in [-0.4, -0.2) is 140 Å². The minimum Gasteiger partial charge on any atom is -0.491 e. The summed E-state index contributed by atoms with van der Waals surface area (Å²) in [5.74, 6) is 0.244. The maximum Gasteiger partial charge on any atom is 0.269 e. The molecule has 0 bridgehead atoms. The van der Waals surface area contributed by atoms with E-state index in [1.54, 1.807) is 0 Å². The van der Waals surface area contributed by atoms with Gasteiger partial charge in [-0.25, -0.2) is 0 Å². The molecular weight excluding hydrogens is 566 g/mol. The van der Waals surface area contributed by atoms with Crippen LogP contribution < -0.4 is 27.7 Å². The maximum absolute atomic E-state index is 11.2. The fraction of sp³-hybridized carbons (Fsp3) is 0.750. The van der Waals surface area contributed by atoms with Crippen molar-refractivity contribution in [2.75, 3.05) is 13.2 Å². The third-order valence-corrected chi connectivity index (χ3v) is 7.76. The Morgan fingerprint density at radius 2 is 1.33 bits per heavy atom. The number of nitrogens with zero attached hydrogens (tertiary/aromatic N) is 1. The Balaban J connectivity index is 1.43. The molecule has 1 aliphatic carbocycles. The smallest absolute Gasteiger partial charge is 0.269 e. The van der Waals surface area contributed by atoms with E-state index < -0.39 is 96.7 Å². The van der Waals surface area contributed by atoms with Gasteiger partial charge >= 0.3 is 0 Å². The van der Waals surface area contributed by atoms with Gasteiger partial charge in [-0.3, -0.25) is 10.1 Å². The van der Waals surface area contributed by atoms with Crippen molar-refractivity contribution < 1.29 is 59.2 Å². The second kappa shape index (κ2) is 13.7. The van der Waals surface area contributed by atoms with E-state index in [0.717, 1.165) is 0 Å². The second-order valence-electron chi connectivity index (χ2n) is 10.7. The minimum atomic E-state index is -1.70. The summed E-state index contributed by atoms with van der Waals surface area (Å²) < 4.78 is 28.4. The van der Waals surface area contributed by atoms with Gasteiger partial charge in [0, 0.05) is 30.8 Å². The summed E-state index contributed by atoms with van der Waals surface area (Å²) in [5, 5.41) is 73.9. The van der Waals surface area contributed by atoms with Gasteiger partial charge in [0.15, 0.2) is 12.6 Å². The SMILES string of the molecule is NCC1OC(OC2C(N)C[C@H](N)C(OC3OC(COc4ccc([N+](=O)[O-])cc4)C(O)C(N)C3O)C2O)C(O)C(O)C1O. The molecule has 18 nitrogen and oxygen atoms in total. The molecule has 0 aromatic heterocycles. The largest absolute Gasteiger partial charge is 0.491 e. The summed E-state index contributed by atoms with van der Waals surface area (Å²) >= 11 is 0. The normalized spacial score (nSPS) is 44.5. The molecule has 0 radical (unpaired) electrons. The van der Waals surface area contributed by atoms with Gasteiger partial charge in [0.25, 0.3) is 5.69 Å². The summed E-state index contributed by atoms with van der Waals surface area (Å²) in [4.78, 5) is 10.3. The van der Waals surface area contributed by atoms with Gasteiger partial charge in [-0.1, -0.05) is 0 Å². The molecule has 14 unspecified atom stereocenters. The highest BCUT2D eigenvalue weighted by Crippen LogP contribution is 2.31. The lowest BCUT2D eigenvalue weighted by Crippen LogP contribution is -2.68. The zero-order chi connectivity index (χ0) is 30.9. The van der Waals surface area contributed by atoms with Crippen LogP contribution in [0, 0.1) is 10.1 Å². The van der Waals surface area contributed by atoms with Gasteiger partial charge in [-0.15, -0.1) is 0 Å². The van der Waals surface area contributed by atoms with Gasteiger partial charge in [-0.05, 0) is 18.6 Å². The molecule has 4 rings (SSSR count). The minimum absolute atomic E-state index is 0.0465. The molecule has 3 aliphatic rings. The summed E-state index contributed by atoms with van der Waals surface area (Å²) in [5.41, 5.74) is 23.8. The zero-order valence-corrected chi connectivity index (χ0v) is 22.4. The van der Waals surface area contributed by atoms with Crippen LogP contribution in [-0.2, 0) is 18.9 Å². The number of non-ortho nitro benzene ring substituents is 1. The highest BCUT2D eigenvalue weighted by Gasteiger charge is 2.51. The van der Waals surface area contributed by atoms with E-state index in [2.05, 4.69) is 0 Å². The number of aliphatic hydroxyl groups excluding tert-OH is 6. The van der Waals surface area contributed by atoms with E-state index in [9.17, 15) is 40.8 Å². The molecule has 1 saturated carbocycles. The van der Waals surface area contributed by atoms with Gasteiger partial charge in [0.05, 0.1) is 11.0 Å². The molecule has 2 aliphatic heterocycles. The Kier molecular flexibility index (Phi) is 10.7. The quantitative estimate of drug-likeness (QED) is 0.0927. The number of ether oxygens (including phenoxy) is 5. The van der Waals surface area contributed by atoms with Crippen LogP contribution in [0.3, 0.4) is 0 Å². The summed E-state index contributed by atoms with van der Waals surface area (Å²) in [6.07, 6.45) is -17.0. The molecule has 15 atom stereocenters. The first kappa shape index (κ1) is 32.8. The van der Waals surface area contributed by atoms with Gasteiger partial charge in [-0.2, -0.15) is 0 Å². The number of nitro groups is 1. The van der Waals surface area contributed by atoms with Crippen LogP contribution in [0.1, 0.15) is 6.42 Å². The van der Waals surface area contributed by atoms with Crippen LogP contribution >= 0.6 is 0 Å². The van der Waals surface area contributed by atoms with E-state index in [-0.39, 0.29) is 31.0 Å². The number of benzene rings is 1. The van der Waals surface area contributed by atoms with Crippen LogP contribution in [0.15, 0.2) is 24.3 Å². The lowest BCUT2D eigenvalue weighted by molar-refractivity contribution is -0.384. The van der Waals surface area contributed by atoms with Crippen LogP contribution in [0.5, 0.6) is 5.75 Å². The van der Waals surface area contributed by atoms with E-state index in [1.165, 1.54) is 24.3 Å². The Morgan fingerprint density at radius 1 is 0.786 bits per heavy atom. The first-order chi connectivity index (χ1) is 19.8. The average Bonchev–Trinajstić information content (AvgIpc) is 2.96. The third-order valence-electron chi connectivity index (χ3n) is 7.76. The monoisotopic (exact) mass is 605 g/mol. The molecule has 42 heavy (non-hydrogen) atoms. The Bertz CT molecular complexity index is 1040. The second-order valence-corrected chi connectivity index (χ2v) is 10.7. The van der Waals surface area contributed by atoms with Crippen molar-refractivity contribution in [1.29, 1.82) is 0 Å². The third kappa shape index (κ3) is 6.82. The zero-order valence-electron chi connectivity index (χ0n) is 22.4. The molecule has 2 heterocycles. The molecule has 1 aromatic rings. The van der Waals surface area contributed by atoms with Crippen LogP contribution in [0.4, 0.5) is 5.69 Å².